The molecule has 3 N–H and O–H groups in total. The normalized spacial score (nSPS) is 12.2. The number of benzene rings is 2. The van der Waals surface area contributed by atoms with Gasteiger partial charge in [-0.05, 0) is 42.0 Å². The van der Waals surface area contributed by atoms with Crippen LogP contribution in [0.3, 0.4) is 0 Å². The summed E-state index contributed by atoms with van der Waals surface area (Å²) >= 11 is 5.89. The van der Waals surface area contributed by atoms with Crippen molar-refractivity contribution in [2.24, 2.45) is 5.73 Å². The summed E-state index contributed by atoms with van der Waals surface area (Å²) in [6.45, 7) is -0.719. The molecule has 0 aliphatic rings. The number of amides is 1. The van der Waals surface area contributed by atoms with Crippen LogP contribution in [0.2, 0.25) is 5.02 Å². The zero-order valence-corrected chi connectivity index (χ0v) is 18.0. The number of hydrogen-bond acceptors (Lipinski definition) is 6. The van der Waals surface area contributed by atoms with Crippen LogP contribution < -0.4 is 27.2 Å². The lowest BCUT2D eigenvalue weighted by Gasteiger charge is -2.18. The van der Waals surface area contributed by atoms with Crippen LogP contribution in [0.25, 0.3) is 0 Å². The fourth-order valence-electron chi connectivity index (χ4n) is 2.79. The van der Waals surface area contributed by atoms with Crippen molar-refractivity contribution in [2.45, 2.75) is 25.3 Å². The standard InChI is InChI=1S/C20H16BClF3N5O4/c21-16(20(23,24)25)34-14-7-5-13(6-8-14)27-17-28-18(32)30(10-15(26)31)19(33)29(17)9-11-1-3-12(22)4-2-11/h1-8,16H,9-10H2,(H2,26,31)(H,27,28,32)/t16-/m0/s1. The molecule has 1 amide bonds. The number of carbonyl (C=O) groups is 1. The number of carbonyl (C=O) groups excluding carboxylic acids is 1. The van der Waals surface area contributed by atoms with E-state index in [1.165, 1.54) is 24.3 Å². The maximum absolute atomic E-state index is 12.9. The Bertz CT molecular complexity index is 1290. The van der Waals surface area contributed by atoms with E-state index in [0.29, 0.717) is 15.2 Å². The van der Waals surface area contributed by atoms with Crippen LogP contribution in [0.15, 0.2) is 58.1 Å². The van der Waals surface area contributed by atoms with Crippen molar-refractivity contribution in [1.82, 2.24) is 14.1 Å². The number of primary amides is 1. The third-order valence-electron chi connectivity index (χ3n) is 4.41. The first-order valence-corrected chi connectivity index (χ1v) is 9.92. The molecule has 0 saturated carbocycles. The zero-order chi connectivity index (χ0) is 25.0. The average Bonchev–Trinajstić information content (AvgIpc) is 2.75. The van der Waals surface area contributed by atoms with E-state index >= 15 is 0 Å². The highest BCUT2D eigenvalue weighted by Crippen LogP contribution is 2.25. The van der Waals surface area contributed by atoms with Crippen molar-refractivity contribution in [3.8, 4) is 5.75 Å². The lowest BCUT2D eigenvalue weighted by Crippen LogP contribution is -2.45. The number of rotatable bonds is 8. The number of hydrogen-bond donors (Lipinski definition) is 2. The zero-order valence-electron chi connectivity index (χ0n) is 17.3. The van der Waals surface area contributed by atoms with E-state index in [1.807, 2.05) is 0 Å². The quantitative estimate of drug-likeness (QED) is 0.462. The summed E-state index contributed by atoms with van der Waals surface area (Å²) in [7, 11) is 4.94. The first-order chi connectivity index (χ1) is 15.9. The van der Waals surface area contributed by atoms with Crippen molar-refractivity contribution >= 4 is 37.0 Å². The van der Waals surface area contributed by atoms with Gasteiger partial charge in [0.25, 0.3) is 0 Å². The van der Waals surface area contributed by atoms with Gasteiger partial charge in [-0.1, -0.05) is 23.7 Å². The summed E-state index contributed by atoms with van der Waals surface area (Å²) in [6.07, 6.45) is -4.74. The van der Waals surface area contributed by atoms with Crippen LogP contribution in [0.5, 0.6) is 5.75 Å². The molecule has 0 bridgehead atoms. The summed E-state index contributed by atoms with van der Waals surface area (Å²) in [6, 6.07) is 9.11. The van der Waals surface area contributed by atoms with Crippen LogP contribution in [0, 0.1) is 0 Å². The van der Waals surface area contributed by atoms with E-state index < -0.39 is 36.0 Å². The van der Waals surface area contributed by atoms with Crippen molar-refractivity contribution in [1.29, 1.82) is 0 Å². The van der Waals surface area contributed by atoms with Crippen molar-refractivity contribution in [2.75, 3.05) is 5.32 Å². The summed E-state index contributed by atoms with van der Waals surface area (Å²) in [5.74, 6) is -1.24. The molecule has 176 valence electrons. The first-order valence-electron chi connectivity index (χ1n) is 9.54. The summed E-state index contributed by atoms with van der Waals surface area (Å²) in [4.78, 5) is 40.4. The maximum Gasteiger partial charge on any atom is 0.416 e. The Morgan fingerprint density at radius 2 is 1.74 bits per heavy atom. The molecule has 0 aliphatic heterocycles. The van der Waals surface area contributed by atoms with Crippen LogP contribution >= 0.6 is 11.6 Å². The van der Waals surface area contributed by atoms with Gasteiger partial charge in [0.2, 0.25) is 11.9 Å². The summed E-state index contributed by atoms with van der Waals surface area (Å²) < 4.78 is 44.0. The second kappa shape index (κ2) is 10.0. The van der Waals surface area contributed by atoms with E-state index in [1.54, 1.807) is 24.3 Å². The molecule has 1 heterocycles. The topological polar surface area (TPSA) is 121 Å². The predicted octanol–water partition coefficient (Wildman–Crippen LogP) is 1.77. The van der Waals surface area contributed by atoms with Gasteiger partial charge in [0, 0.05) is 10.7 Å². The van der Waals surface area contributed by atoms with Gasteiger partial charge in [0.15, 0.2) is 0 Å². The molecule has 14 heteroatoms. The van der Waals surface area contributed by atoms with Gasteiger partial charge in [-0.25, -0.2) is 14.2 Å². The molecule has 0 aliphatic carbocycles. The van der Waals surface area contributed by atoms with Crippen LogP contribution in [-0.2, 0) is 17.9 Å². The minimum atomic E-state index is -4.74. The second-order valence-corrected chi connectivity index (χ2v) is 7.43. The van der Waals surface area contributed by atoms with Crippen molar-refractivity contribution in [3.63, 3.8) is 0 Å². The molecule has 9 nitrogen and oxygen atoms in total. The van der Waals surface area contributed by atoms with Gasteiger partial charge < -0.3 is 15.8 Å². The minimum Gasteiger partial charge on any atom is -0.491 e. The number of nitrogens with two attached hydrogens (primary N) is 1. The molecular formula is C20H16BClF3N5O4. The second-order valence-electron chi connectivity index (χ2n) is 7.00. The largest absolute Gasteiger partial charge is 0.491 e. The molecule has 0 spiro atoms. The molecule has 0 saturated heterocycles. The lowest BCUT2D eigenvalue weighted by atomic mass is 10.00. The van der Waals surface area contributed by atoms with Crippen LogP contribution in [0.4, 0.5) is 24.8 Å². The number of ether oxygens (including phenoxy) is 1. The highest BCUT2D eigenvalue weighted by atomic mass is 35.5. The van der Waals surface area contributed by atoms with Gasteiger partial charge in [-0.15, -0.1) is 0 Å². The molecule has 2 radical (unpaired) electrons. The number of anilines is 2. The molecular weight excluding hydrogens is 478 g/mol. The number of aromatic nitrogens is 3. The minimum absolute atomic E-state index is 0.0496. The molecule has 3 rings (SSSR count). The Labute approximate surface area is 196 Å². The molecule has 2 aromatic carbocycles. The van der Waals surface area contributed by atoms with Gasteiger partial charge >= 0.3 is 17.6 Å². The Hall–Kier alpha value is -3.74. The van der Waals surface area contributed by atoms with Gasteiger partial charge in [0.05, 0.1) is 6.54 Å². The van der Waals surface area contributed by atoms with E-state index in [0.717, 1.165) is 4.57 Å². The van der Waals surface area contributed by atoms with E-state index in [2.05, 4.69) is 15.0 Å². The summed E-state index contributed by atoms with van der Waals surface area (Å²) in [5, 5.41) is 3.24. The third kappa shape index (κ3) is 6.19. The molecule has 1 atom stereocenters. The molecule has 1 aromatic heterocycles. The van der Waals surface area contributed by atoms with E-state index in [9.17, 15) is 27.6 Å². The molecule has 0 unspecified atom stereocenters. The van der Waals surface area contributed by atoms with Crippen LogP contribution in [-0.4, -0.2) is 40.1 Å². The van der Waals surface area contributed by atoms with E-state index in [4.69, 9.17) is 25.2 Å². The Kier molecular flexibility index (Phi) is 7.35. The highest BCUT2D eigenvalue weighted by Gasteiger charge is 2.37. The maximum atomic E-state index is 12.9. The Morgan fingerprint density at radius 3 is 2.29 bits per heavy atom. The monoisotopic (exact) mass is 493 g/mol. The molecule has 3 aromatic rings. The number of alkyl halides is 3. The van der Waals surface area contributed by atoms with E-state index in [-0.39, 0.29) is 23.9 Å². The van der Waals surface area contributed by atoms with Crippen LogP contribution in [0.1, 0.15) is 5.56 Å². The highest BCUT2D eigenvalue weighted by molar-refractivity contribution is 6.30. The fraction of sp³-hybridized carbons (Fsp3) is 0.200. The fourth-order valence-corrected chi connectivity index (χ4v) is 2.92. The van der Waals surface area contributed by atoms with Gasteiger partial charge in [-0.2, -0.15) is 18.2 Å². The van der Waals surface area contributed by atoms with Crippen molar-refractivity contribution in [3.05, 3.63) is 80.1 Å². The number of nitrogens with zero attached hydrogens (tertiary/aromatic N) is 3. The summed E-state index contributed by atoms with van der Waals surface area (Å²) in [5.41, 5.74) is 4.15. The lowest BCUT2D eigenvalue weighted by molar-refractivity contribution is -0.169. The van der Waals surface area contributed by atoms with Gasteiger partial charge in [-0.3, -0.25) is 9.36 Å². The molecule has 0 fully saturated rings. The Balaban J connectivity index is 1.95. The number of nitrogens with one attached hydrogen (secondary N) is 1. The third-order valence-corrected chi connectivity index (χ3v) is 4.67. The van der Waals surface area contributed by atoms with Crippen molar-refractivity contribution < 1.29 is 22.7 Å². The van der Waals surface area contributed by atoms with Gasteiger partial charge in [0.1, 0.15) is 26.1 Å². The SMILES string of the molecule is [B][C@@H](Oc1ccc(Nc2nc(=O)n(CC(N)=O)c(=O)n2Cc2ccc(Cl)cc2)cc1)C(F)(F)F. The molecule has 34 heavy (non-hydrogen) atoms. The predicted molar refractivity (Wildman–Crippen MR) is 118 cm³/mol. The average molecular weight is 494 g/mol. The Morgan fingerprint density at radius 1 is 1.12 bits per heavy atom. The smallest absolute Gasteiger partial charge is 0.416 e. The number of halogens is 4. The first kappa shape index (κ1) is 24.9.